The second-order valence-corrected chi connectivity index (χ2v) is 5.65. The molecule has 0 radical (unpaired) electrons. The molecule has 2 N–H and O–H groups in total. The Balaban J connectivity index is 1.78. The number of hydrogen-bond acceptors (Lipinski definition) is 5. The highest BCUT2D eigenvalue weighted by Crippen LogP contribution is 2.16. The average molecular weight is 304 g/mol. The molecule has 0 aliphatic carbocycles. The van der Waals surface area contributed by atoms with Gasteiger partial charge in [0, 0.05) is 19.2 Å². The molecule has 0 aromatic carbocycles. The molecule has 0 fully saturated rings. The Hall–Kier alpha value is -2.28. The lowest BCUT2D eigenvalue weighted by molar-refractivity contribution is -0.116. The van der Waals surface area contributed by atoms with Gasteiger partial charge in [0.25, 0.3) is 5.91 Å². The SMILES string of the molecule is Cc1nc(C)c(C(=O)NCCC(=O)Nc2cccnc2)s1. The normalized spacial score (nSPS) is 10.2. The van der Waals surface area contributed by atoms with E-state index in [1.807, 2.05) is 6.92 Å². The number of carbonyl (C=O) groups is 2. The first-order valence-electron chi connectivity index (χ1n) is 6.48. The maximum atomic E-state index is 11.9. The minimum absolute atomic E-state index is 0.166. The van der Waals surface area contributed by atoms with Crippen LogP contribution in [0.25, 0.3) is 0 Å². The van der Waals surface area contributed by atoms with Gasteiger partial charge >= 0.3 is 0 Å². The van der Waals surface area contributed by atoms with E-state index in [1.165, 1.54) is 11.3 Å². The summed E-state index contributed by atoms with van der Waals surface area (Å²) in [5.74, 6) is -0.354. The molecule has 0 saturated carbocycles. The predicted octanol–water partition coefficient (Wildman–Crippen LogP) is 1.91. The number of rotatable bonds is 5. The van der Waals surface area contributed by atoms with Crippen LogP contribution in [0, 0.1) is 13.8 Å². The van der Waals surface area contributed by atoms with Crippen LogP contribution in [0.15, 0.2) is 24.5 Å². The van der Waals surface area contributed by atoms with Crippen LogP contribution < -0.4 is 10.6 Å². The highest BCUT2D eigenvalue weighted by Gasteiger charge is 2.13. The van der Waals surface area contributed by atoms with Gasteiger partial charge in [-0.15, -0.1) is 11.3 Å². The number of aryl methyl sites for hydroxylation is 2. The van der Waals surface area contributed by atoms with E-state index in [1.54, 1.807) is 31.5 Å². The van der Waals surface area contributed by atoms with Crippen molar-refractivity contribution >= 4 is 28.8 Å². The number of nitrogens with zero attached hydrogens (tertiary/aromatic N) is 2. The van der Waals surface area contributed by atoms with Crippen molar-refractivity contribution in [2.75, 3.05) is 11.9 Å². The van der Waals surface area contributed by atoms with Crippen molar-refractivity contribution in [3.8, 4) is 0 Å². The van der Waals surface area contributed by atoms with Crippen LogP contribution in [0.3, 0.4) is 0 Å². The average Bonchev–Trinajstić information content (AvgIpc) is 2.79. The molecule has 2 aromatic rings. The maximum Gasteiger partial charge on any atom is 0.263 e. The fraction of sp³-hybridized carbons (Fsp3) is 0.286. The number of carbonyl (C=O) groups excluding carboxylic acids is 2. The summed E-state index contributed by atoms with van der Waals surface area (Å²) < 4.78 is 0. The summed E-state index contributed by atoms with van der Waals surface area (Å²) in [5, 5.41) is 6.29. The highest BCUT2D eigenvalue weighted by atomic mass is 32.1. The summed E-state index contributed by atoms with van der Waals surface area (Å²) in [6, 6.07) is 3.50. The third kappa shape index (κ3) is 4.35. The van der Waals surface area contributed by atoms with E-state index >= 15 is 0 Å². The molecule has 0 unspecified atom stereocenters. The summed E-state index contributed by atoms with van der Waals surface area (Å²) in [6.45, 7) is 3.94. The molecule has 0 aliphatic rings. The number of pyridine rings is 1. The zero-order chi connectivity index (χ0) is 15.2. The van der Waals surface area contributed by atoms with Gasteiger partial charge in [0.15, 0.2) is 0 Å². The molecule has 0 atom stereocenters. The summed E-state index contributed by atoms with van der Waals surface area (Å²) in [7, 11) is 0. The quantitative estimate of drug-likeness (QED) is 0.884. The van der Waals surface area contributed by atoms with Crippen molar-refractivity contribution < 1.29 is 9.59 Å². The number of thiazole rings is 1. The molecule has 0 saturated heterocycles. The number of aromatic nitrogens is 2. The van der Waals surface area contributed by atoms with Crippen LogP contribution in [0.4, 0.5) is 5.69 Å². The van der Waals surface area contributed by atoms with Crippen molar-refractivity contribution in [2.45, 2.75) is 20.3 Å². The van der Waals surface area contributed by atoms with Gasteiger partial charge in [-0.2, -0.15) is 0 Å². The summed E-state index contributed by atoms with van der Waals surface area (Å²) in [5.41, 5.74) is 1.36. The second-order valence-electron chi connectivity index (χ2n) is 4.44. The maximum absolute atomic E-state index is 11.9. The van der Waals surface area contributed by atoms with Crippen LogP contribution >= 0.6 is 11.3 Å². The molecule has 21 heavy (non-hydrogen) atoms. The van der Waals surface area contributed by atoms with E-state index in [2.05, 4.69) is 20.6 Å². The minimum atomic E-state index is -0.188. The first kappa shape index (κ1) is 15.1. The second kappa shape index (κ2) is 6.94. The van der Waals surface area contributed by atoms with Gasteiger partial charge in [-0.1, -0.05) is 0 Å². The Kier molecular flexibility index (Phi) is 4.99. The zero-order valence-electron chi connectivity index (χ0n) is 11.8. The molecule has 2 heterocycles. The van der Waals surface area contributed by atoms with Crippen molar-refractivity contribution in [3.63, 3.8) is 0 Å². The van der Waals surface area contributed by atoms with Crippen molar-refractivity contribution in [1.82, 2.24) is 15.3 Å². The van der Waals surface area contributed by atoms with Gasteiger partial charge in [-0.05, 0) is 26.0 Å². The predicted molar refractivity (Wildman–Crippen MR) is 81.4 cm³/mol. The van der Waals surface area contributed by atoms with E-state index in [4.69, 9.17) is 0 Å². The van der Waals surface area contributed by atoms with Gasteiger partial charge in [-0.25, -0.2) is 4.98 Å². The van der Waals surface area contributed by atoms with Crippen LogP contribution in [0.5, 0.6) is 0 Å². The van der Waals surface area contributed by atoms with Gasteiger partial charge < -0.3 is 10.6 Å². The largest absolute Gasteiger partial charge is 0.351 e. The van der Waals surface area contributed by atoms with Gasteiger partial charge in [0.1, 0.15) is 4.88 Å². The molecule has 6 nitrogen and oxygen atoms in total. The zero-order valence-corrected chi connectivity index (χ0v) is 12.7. The molecular formula is C14H16N4O2S. The van der Waals surface area contributed by atoms with Crippen LogP contribution in [0.2, 0.25) is 0 Å². The summed E-state index contributed by atoms with van der Waals surface area (Å²) in [4.78, 5) is 32.3. The third-order valence-corrected chi connectivity index (χ3v) is 3.76. The Morgan fingerprint density at radius 1 is 1.33 bits per heavy atom. The number of amides is 2. The molecule has 7 heteroatoms. The van der Waals surface area contributed by atoms with E-state index in [-0.39, 0.29) is 24.8 Å². The Morgan fingerprint density at radius 3 is 2.76 bits per heavy atom. The lowest BCUT2D eigenvalue weighted by Gasteiger charge is -2.05. The molecule has 2 rings (SSSR count). The summed E-state index contributed by atoms with van der Waals surface area (Å²) in [6.07, 6.45) is 3.41. The first-order chi connectivity index (χ1) is 10.1. The smallest absolute Gasteiger partial charge is 0.263 e. The third-order valence-electron chi connectivity index (χ3n) is 2.69. The van der Waals surface area contributed by atoms with Gasteiger partial charge in [0.05, 0.1) is 22.6 Å². The van der Waals surface area contributed by atoms with E-state index in [0.717, 1.165) is 10.7 Å². The molecule has 0 bridgehead atoms. The molecule has 2 aromatic heterocycles. The number of nitrogens with one attached hydrogen (secondary N) is 2. The van der Waals surface area contributed by atoms with Crippen molar-refractivity contribution in [2.24, 2.45) is 0 Å². The minimum Gasteiger partial charge on any atom is -0.351 e. The van der Waals surface area contributed by atoms with Crippen molar-refractivity contribution in [1.29, 1.82) is 0 Å². The summed E-state index contributed by atoms with van der Waals surface area (Å²) >= 11 is 1.35. The Bertz CT molecular complexity index is 640. The molecule has 2 amide bonds. The highest BCUT2D eigenvalue weighted by molar-refractivity contribution is 7.13. The fourth-order valence-corrected chi connectivity index (χ4v) is 2.61. The molecule has 0 aliphatic heterocycles. The number of anilines is 1. The monoisotopic (exact) mass is 304 g/mol. The Morgan fingerprint density at radius 2 is 2.14 bits per heavy atom. The lowest BCUT2D eigenvalue weighted by Crippen LogP contribution is -2.27. The first-order valence-corrected chi connectivity index (χ1v) is 7.30. The topological polar surface area (TPSA) is 84.0 Å². The van der Waals surface area contributed by atoms with E-state index < -0.39 is 0 Å². The Labute approximate surface area is 126 Å². The van der Waals surface area contributed by atoms with Crippen LogP contribution in [0.1, 0.15) is 26.8 Å². The molecule has 110 valence electrons. The van der Waals surface area contributed by atoms with Crippen LogP contribution in [-0.4, -0.2) is 28.3 Å². The van der Waals surface area contributed by atoms with Gasteiger partial charge in [-0.3, -0.25) is 14.6 Å². The van der Waals surface area contributed by atoms with E-state index in [9.17, 15) is 9.59 Å². The fourth-order valence-electron chi connectivity index (χ4n) is 1.77. The standard InChI is InChI=1S/C14H16N4O2S/c1-9-13(21-10(2)17-9)14(20)16-7-5-12(19)18-11-4-3-6-15-8-11/h3-4,6,8H,5,7H2,1-2H3,(H,16,20)(H,18,19). The molecule has 0 spiro atoms. The molecular weight excluding hydrogens is 288 g/mol. The van der Waals surface area contributed by atoms with Crippen LogP contribution in [-0.2, 0) is 4.79 Å². The lowest BCUT2D eigenvalue weighted by atomic mass is 10.3. The van der Waals surface area contributed by atoms with E-state index in [0.29, 0.717) is 10.6 Å². The number of hydrogen-bond donors (Lipinski definition) is 2. The van der Waals surface area contributed by atoms with Gasteiger partial charge in [0.2, 0.25) is 5.91 Å². The van der Waals surface area contributed by atoms with Crippen molar-refractivity contribution in [3.05, 3.63) is 40.1 Å².